The number of carbonyl (C=O) groups is 1. The number of carboxylic acid groups (broad SMARTS) is 1. The fourth-order valence-corrected chi connectivity index (χ4v) is 3.43. The number of nitrogens with zero attached hydrogens (tertiary/aromatic N) is 3. The SMILES string of the molecule is CCn1c(Oc2cccc(/C(C)=N/OC)n2)cc(=O)c(C(=O)O)c1-c1ccc(Cl)c(Cl)c1. The molecule has 0 aliphatic rings. The van der Waals surface area contributed by atoms with Crippen LogP contribution in [0.15, 0.2) is 52.4 Å². The van der Waals surface area contributed by atoms with Gasteiger partial charge in [-0.05, 0) is 32.0 Å². The van der Waals surface area contributed by atoms with Crippen molar-refractivity contribution >= 4 is 34.9 Å². The number of hydrogen-bond donors (Lipinski definition) is 1. The fraction of sp³-hybridized carbons (Fsp3) is 0.182. The second kappa shape index (κ2) is 9.84. The maximum Gasteiger partial charge on any atom is 0.341 e. The van der Waals surface area contributed by atoms with Gasteiger partial charge in [0.15, 0.2) is 0 Å². The molecule has 0 fully saturated rings. The maximum atomic E-state index is 12.8. The summed E-state index contributed by atoms with van der Waals surface area (Å²) in [5, 5.41) is 14.1. The van der Waals surface area contributed by atoms with Gasteiger partial charge in [0.2, 0.25) is 17.2 Å². The molecular formula is C22H19Cl2N3O5. The summed E-state index contributed by atoms with van der Waals surface area (Å²) in [5.74, 6) is -1.05. The zero-order chi connectivity index (χ0) is 23.4. The monoisotopic (exact) mass is 475 g/mol. The molecule has 0 saturated carbocycles. The number of pyridine rings is 2. The zero-order valence-electron chi connectivity index (χ0n) is 17.4. The summed E-state index contributed by atoms with van der Waals surface area (Å²) < 4.78 is 7.47. The summed E-state index contributed by atoms with van der Waals surface area (Å²) >= 11 is 12.2. The van der Waals surface area contributed by atoms with E-state index in [1.165, 1.54) is 19.2 Å². The average Bonchev–Trinajstić information content (AvgIpc) is 2.75. The first-order chi connectivity index (χ1) is 15.3. The van der Waals surface area contributed by atoms with Crippen LogP contribution in [0, 0.1) is 0 Å². The van der Waals surface area contributed by atoms with Crippen LogP contribution in [0.3, 0.4) is 0 Å². The standard InChI is InChI=1S/C22H19Cl2N3O5/c1-4-27-19(32-18-7-5-6-16(25-18)12(2)26-31-3)11-17(28)20(22(29)30)21(27)13-8-9-14(23)15(24)10-13/h5-11H,4H2,1-3H3,(H,29,30)/b26-12+. The van der Waals surface area contributed by atoms with Gasteiger partial charge in [0.25, 0.3) is 0 Å². The van der Waals surface area contributed by atoms with Gasteiger partial charge in [-0.15, -0.1) is 0 Å². The number of rotatable bonds is 7. The molecule has 10 heteroatoms. The van der Waals surface area contributed by atoms with E-state index in [4.69, 9.17) is 32.8 Å². The Kier molecular flexibility index (Phi) is 7.17. The highest BCUT2D eigenvalue weighted by Gasteiger charge is 2.23. The highest BCUT2D eigenvalue weighted by Crippen LogP contribution is 2.33. The van der Waals surface area contributed by atoms with E-state index in [2.05, 4.69) is 10.1 Å². The molecule has 166 valence electrons. The molecule has 2 heterocycles. The molecule has 3 rings (SSSR count). The Morgan fingerprint density at radius 2 is 1.94 bits per heavy atom. The van der Waals surface area contributed by atoms with Crippen molar-refractivity contribution in [1.82, 2.24) is 9.55 Å². The Bertz CT molecular complexity index is 1270. The first-order valence-corrected chi connectivity index (χ1v) is 10.2. The molecule has 8 nitrogen and oxygen atoms in total. The van der Waals surface area contributed by atoms with Crippen LogP contribution in [-0.4, -0.2) is 33.4 Å². The van der Waals surface area contributed by atoms with Crippen molar-refractivity contribution in [2.24, 2.45) is 5.16 Å². The van der Waals surface area contributed by atoms with Crippen molar-refractivity contribution in [3.05, 3.63) is 74.0 Å². The lowest BCUT2D eigenvalue weighted by atomic mass is 10.0. The van der Waals surface area contributed by atoms with Gasteiger partial charge >= 0.3 is 5.97 Å². The summed E-state index contributed by atoms with van der Waals surface area (Å²) in [6.07, 6.45) is 0. The Morgan fingerprint density at radius 3 is 2.56 bits per heavy atom. The Hall–Kier alpha value is -3.36. The van der Waals surface area contributed by atoms with E-state index in [1.807, 2.05) is 0 Å². The molecule has 0 aliphatic heterocycles. The van der Waals surface area contributed by atoms with Crippen molar-refractivity contribution in [3.63, 3.8) is 0 Å². The van der Waals surface area contributed by atoms with Crippen LogP contribution in [0.4, 0.5) is 0 Å². The highest BCUT2D eigenvalue weighted by molar-refractivity contribution is 6.42. The van der Waals surface area contributed by atoms with E-state index < -0.39 is 17.0 Å². The Labute approximate surface area is 193 Å². The van der Waals surface area contributed by atoms with Crippen molar-refractivity contribution in [3.8, 4) is 23.0 Å². The molecule has 0 amide bonds. The van der Waals surface area contributed by atoms with Crippen molar-refractivity contribution in [2.45, 2.75) is 20.4 Å². The normalized spacial score (nSPS) is 11.3. The highest BCUT2D eigenvalue weighted by atomic mass is 35.5. The molecule has 0 bridgehead atoms. The molecule has 0 spiro atoms. The van der Waals surface area contributed by atoms with Crippen molar-refractivity contribution in [1.29, 1.82) is 0 Å². The van der Waals surface area contributed by atoms with Gasteiger partial charge in [-0.3, -0.25) is 4.79 Å². The van der Waals surface area contributed by atoms with Crippen LogP contribution < -0.4 is 10.2 Å². The van der Waals surface area contributed by atoms with Crippen molar-refractivity contribution in [2.75, 3.05) is 7.11 Å². The lowest BCUT2D eigenvalue weighted by Gasteiger charge is -2.19. The second-order valence-corrected chi connectivity index (χ2v) is 7.39. The van der Waals surface area contributed by atoms with E-state index in [0.29, 0.717) is 28.5 Å². The van der Waals surface area contributed by atoms with Crippen molar-refractivity contribution < 1.29 is 19.5 Å². The van der Waals surface area contributed by atoms with E-state index >= 15 is 0 Å². The van der Waals surface area contributed by atoms with Crippen LogP contribution in [-0.2, 0) is 11.4 Å². The number of aromatic carboxylic acids is 1. The minimum Gasteiger partial charge on any atom is -0.477 e. The summed E-state index contributed by atoms with van der Waals surface area (Å²) in [4.78, 5) is 33.8. The van der Waals surface area contributed by atoms with Gasteiger partial charge < -0.3 is 19.2 Å². The second-order valence-electron chi connectivity index (χ2n) is 6.57. The van der Waals surface area contributed by atoms with Crippen LogP contribution in [0.25, 0.3) is 11.3 Å². The minimum atomic E-state index is -1.36. The first-order valence-electron chi connectivity index (χ1n) is 9.46. The van der Waals surface area contributed by atoms with Crippen LogP contribution in [0.5, 0.6) is 11.8 Å². The largest absolute Gasteiger partial charge is 0.477 e. The number of carboxylic acids is 1. The van der Waals surface area contributed by atoms with E-state index in [-0.39, 0.29) is 22.5 Å². The molecular weight excluding hydrogens is 457 g/mol. The molecule has 0 unspecified atom stereocenters. The molecule has 0 radical (unpaired) electrons. The van der Waals surface area contributed by atoms with Gasteiger partial charge in [0.1, 0.15) is 18.4 Å². The van der Waals surface area contributed by atoms with Gasteiger partial charge in [-0.1, -0.05) is 40.5 Å². The Morgan fingerprint density at radius 1 is 1.19 bits per heavy atom. The first kappa shape index (κ1) is 23.3. The van der Waals surface area contributed by atoms with Crippen LogP contribution in [0.1, 0.15) is 29.9 Å². The predicted octanol–water partition coefficient (Wildman–Crippen LogP) is 5.10. The fourth-order valence-electron chi connectivity index (χ4n) is 3.14. The molecule has 1 aromatic carbocycles. The summed E-state index contributed by atoms with van der Waals surface area (Å²) in [6.45, 7) is 3.82. The number of benzene rings is 1. The minimum absolute atomic E-state index is 0.120. The average molecular weight is 476 g/mol. The number of oxime groups is 1. The van der Waals surface area contributed by atoms with E-state index in [1.54, 1.807) is 42.7 Å². The van der Waals surface area contributed by atoms with Gasteiger partial charge in [-0.25, -0.2) is 9.78 Å². The van der Waals surface area contributed by atoms with Crippen LogP contribution in [0.2, 0.25) is 10.0 Å². The van der Waals surface area contributed by atoms with Crippen LogP contribution >= 0.6 is 23.2 Å². The molecule has 0 aliphatic carbocycles. The third-order valence-electron chi connectivity index (χ3n) is 4.53. The maximum absolute atomic E-state index is 12.8. The molecule has 2 aromatic heterocycles. The van der Waals surface area contributed by atoms with E-state index in [9.17, 15) is 14.7 Å². The third kappa shape index (κ3) is 4.76. The molecule has 0 saturated heterocycles. The van der Waals surface area contributed by atoms with E-state index in [0.717, 1.165) is 6.07 Å². The lowest BCUT2D eigenvalue weighted by molar-refractivity contribution is 0.0695. The molecule has 32 heavy (non-hydrogen) atoms. The topological polar surface area (TPSA) is 103 Å². The lowest BCUT2D eigenvalue weighted by Crippen LogP contribution is -2.21. The molecule has 1 N–H and O–H groups in total. The third-order valence-corrected chi connectivity index (χ3v) is 5.27. The smallest absolute Gasteiger partial charge is 0.341 e. The molecule has 0 atom stereocenters. The summed E-state index contributed by atoms with van der Waals surface area (Å²) in [6, 6.07) is 10.8. The summed E-state index contributed by atoms with van der Waals surface area (Å²) in [5.41, 5.74) is 0.486. The number of ether oxygens (including phenoxy) is 1. The Balaban J connectivity index is 2.20. The predicted molar refractivity (Wildman–Crippen MR) is 122 cm³/mol. The quantitative estimate of drug-likeness (QED) is 0.376. The number of halogens is 2. The molecule has 3 aromatic rings. The number of aromatic nitrogens is 2. The number of hydrogen-bond acceptors (Lipinski definition) is 6. The zero-order valence-corrected chi connectivity index (χ0v) is 18.9. The summed E-state index contributed by atoms with van der Waals surface area (Å²) in [7, 11) is 1.43. The van der Waals surface area contributed by atoms with Gasteiger partial charge in [0, 0.05) is 24.2 Å². The van der Waals surface area contributed by atoms with Gasteiger partial charge in [0.05, 0.1) is 21.4 Å². The van der Waals surface area contributed by atoms with Gasteiger partial charge in [-0.2, -0.15) is 0 Å².